The van der Waals surface area contributed by atoms with Crippen LogP contribution >= 0.6 is 0 Å². The van der Waals surface area contributed by atoms with Gasteiger partial charge in [0.1, 0.15) is 0 Å². The third-order valence-corrected chi connectivity index (χ3v) is 4.67. The molecule has 0 aromatic heterocycles. The maximum Gasteiger partial charge on any atom is 0.322 e. The molecule has 1 N–H and O–H groups in total. The van der Waals surface area contributed by atoms with Crippen molar-refractivity contribution in [2.45, 2.75) is 45.2 Å². The van der Waals surface area contributed by atoms with Crippen molar-refractivity contribution in [3.8, 4) is 11.1 Å². The van der Waals surface area contributed by atoms with Crippen molar-refractivity contribution in [3.63, 3.8) is 0 Å². The van der Waals surface area contributed by atoms with Crippen LogP contribution in [0, 0.1) is 0 Å². The lowest BCUT2D eigenvalue weighted by atomic mass is 9.98. The molecule has 2 amide bonds. The standard InChI is InChI=1S/C20H24N2O/c1-15-7-6-8-16(2)22(15)20(23)21-19-13-11-18(12-14-19)17-9-4-3-5-10-17/h3-5,9-16H,6-8H2,1-2H3,(H,21,23). The number of hydrogen-bond donors (Lipinski definition) is 1. The van der Waals surface area contributed by atoms with Crippen molar-refractivity contribution < 1.29 is 4.79 Å². The zero-order chi connectivity index (χ0) is 16.2. The zero-order valence-corrected chi connectivity index (χ0v) is 13.8. The van der Waals surface area contributed by atoms with Crippen molar-refractivity contribution in [1.82, 2.24) is 4.90 Å². The van der Waals surface area contributed by atoms with E-state index in [0.29, 0.717) is 12.1 Å². The van der Waals surface area contributed by atoms with E-state index < -0.39 is 0 Å². The first-order valence-corrected chi connectivity index (χ1v) is 8.40. The molecule has 0 aliphatic carbocycles. The number of nitrogens with zero attached hydrogens (tertiary/aromatic N) is 1. The summed E-state index contributed by atoms with van der Waals surface area (Å²) in [4.78, 5) is 14.5. The average Bonchev–Trinajstić information content (AvgIpc) is 2.56. The summed E-state index contributed by atoms with van der Waals surface area (Å²) in [7, 11) is 0. The highest BCUT2D eigenvalue weighted by atomic mass is 16.2. The van der Waals surface area contributed by atoms with Gasteiger partial charge in [0.25, 0.3) is 0 Å². The second kappa shape index (κ2) is 6.86. The van der Waals surface area contributed by atoms with Gasteiger partial charge in [0.15, 0.2) is 0 Å². The maximum atomic E-state index is 12.6. The molecule has 1 aliphatic rings. The summed E-state index contributed by atoms with van der Waals surface area (Å²) in [5.74, 6) is 0. The van der Waals surface area contributed by atoms with E-state index >= 15 is 0 Å². The predicted octanol–water partition coefficient (Wildman–Crippen LogP) is 5.15. The van der Waals surface area contributed by atoms with Crippen molar-refractivity contribution >= 4 is 11.7 Å². The fourth-order valence-electron chi connectivity index (χ4n) is 3.39. The van der Waals surface area contributed by atoms with Crippen molar-refractivity contribution in [2.24, 2.45) is 0 Å². The van der Waals surface area contributed by atoms with Crippen LogP contribution in [-0.2, 0) is 0 Å². The van der Waals surface area contributed by atoms with E-state index in [0.717, 1.165) is 24.1 Å². The molecule has 120 valence electrons. The van der Waals surface area contributed by atoms with Crippen molar-refractivity contribution in [3.05, 3.63) is 54.6 Å². The number of anilines is 1. The number of benzene rings is 2. The van der Waals surface area contributed by atoms with Gasteiger partial charge in [-0.25, -0.2) is 4.79 Å². The topological polar surface area (TPSA) is 32.3 Å². The van der Waals surface area contributed by atoms with Gasteiger partial charge in [0.2, 0.25) is 0 Å². The predicted molar refractivity (Wildman–Crippen MR) is 95.5 cm³/mol. The lowest BCUT2D eigenvalue weighted by Crippen LogP contribution is -2.49. The minimum Gasteiger partial charge on any atom is -0.319 e. The second-order valence-electron chi connectivity index (χ2n) is 6.41. The molecule has 3 heteroatoms. The number of nitrogens with one attached hydrogen (secondary N) is 1. The van der Waals surface area contributed by atoms with Gasteiger partial charge in [-0.3, -0.25) is 0 Å². The lowest BCUT2D eigenvalue weighted by Gasteiger charge is -2.38. The minimum absolute atomic E-state index is 0.0113. The van der Waals surface area contributed by atoms with Crippen LogP contribution in [0.4, 0.5) is 10.5 Å². The summed E-state index contributed by atoms with van der Waals surface area (Å²) in [6.07, 6.45) is 3.38. The van der Waals surface area contributed by atoms with Crippen LogP contribution in [-0.4, -0.2) is 23.0 Å². The Labute approximate surface area is 138 Å². The van der Waals surface area contributed by atoms with Gasteiger partial charge in [0, 0.05) is 17.8 Å². The first-order chi connectivity index (χ1) is 11.1. The minimum atomic E-state index is 0.0113. The van der Waals surface area contributed by atoms with Gasteiger partial charge >= 0.3 is 6.03 Å². The van der Waals surface area contributed by atoms with Crippen LogP contribution in [0.25, 0.3) is 11.1 Å². The van der Waals surface area contributed by atoms with Crippen molar-refractivity contribution in [1.29, 1.82) is 0 Å². The maximum absolute atomic E-state index is 12.6. The summed E-state index contributed by atoms with van der Waals surface area (Å²) in [5.41, 5.74) is 3.19. The number of amides is 2. The lowest BCUT2D eigenvalue weighted by molar-refractivity contribution is 0.133. The molecule has 0 spiro atoms. The summed E-state index contributed by atoms with van der Waals surface area (Å²) in [6.45, 7) is 4.27. The smallest absolute Gasteiger partial charge is 0.319 e. The number of piperidine rings is 1. The number of urea groups is 1. The zero-order valence-electron chi connectivity index (χ0n) is 13.8. The van der Waals surface area contributed by atoms with E-state index in [4.69, 9.17) is 0 Å². The van der Waals surface area contributed by atoms with Crippen LogP contribution in [0.1, 0.15) is 33.1 Å². The highest BCUT2D eigenvalue weighted by Crippen LogP contribution is 2.25. The number of carbonyl (C=O) groups is 1. The molecule has 1 aliphatic heterocycles. The Hall–Kier alpha value is -2.29. The molecule has 1 saturated heterocycles. The fourth-order valence-corrected chi connectivity index (χ4v) is 3.39. The molecular weight excluding hydrogens is 284 g/mol. The number of carbonyl (C=O) groups excluding carboxylic acids is 1. The molecule has 2 atom stereocenters. The molecule has 1 fully saturated rings. The van der Waals surface area contributed by atoms with E-state index in [1.165, 1.54) is 12.0 Å². The fraction of sp³-hybridized carbons (Fsp3) is 0.350. The number of rotatable bonds is 2. The van der Waals surface area contributed by atoms with Gasteiger partial charge in [-0.15, -0.1) is 0 Å². The quantitative estimate of drug-likeness (QED) is 0.817. The Bertz CT molecular complexity index is 641. The SMILES string of the molecule is CC1CCCC(C)N1C(=O)Nc1ccc(-c2ccccc2)cc1. The van der Waals surface area contributed by atoms with Crippen LogP contribution in [0.3, 0.4) is 0 Å². The molecular formula is C20H24N2O. The van der Waals surface area contributed by atoms with Gasteiger partial charge in [-0.05, 0) is 56.4 Å². The average molecular weight is 308 g/mol. The van der Waals surface area contributed by atoms with Gasteiger partial charge < -0.3 is 10.2 Å². The molecule has 3 nitrogen and oxygen atoms in total. The van der Waals surface area contributed by atoms with Gasteiger partial charge in [-0.1, -0.05) is 42.5 Å². The first kappa shape index (κ1) is 15.6. The Morgan fingerprint density at radius 1 is 0.913 bits per heavy atom. The summed E-state index contributed by atoms with van der Waals surface area (Å²) >= 11 is 0. The van der Waals surface area contributed by atoms with Gasteiger partial charge in [0.05, 0.1) is 0 Å². The van der Waals surface area contributed by atoms with Crippen LogP contribution in [0.2, 0.25) is 0 Å². The summed E-state index contributed by atoms with van der Waals surface area (Å²) < 4.78 is 0. The Morgan fingerprint density at radius 2 is 1.48 bits per heavy atom. The highest BCUT2D eigenvalue weighted by molar-refractivity contribution is 5.90. The summed E-state index contributed by atoms with van der Waals surface area (Å²) in [5, 5.41) is 3.04. The van der Waals surface area contributed by atoms with Crippen molar-refractivity contribution in [2.75, 3.05) is 5.32 Å². The summed E-state index contributed by atoms with van der Waals surface area (Å²) in [6, 6.07) is 18.9. The van der Waals surface area contributed by atoms with Crippen LogP contribution in [0.5, 0.6) is 0 Å². The van der Waals surface area contributed by atoms with E-state index in [1.54, 1.807) is 0 Å². The molecule has 23 heavy (non-hydrogen) atoms. The third-order valence-electron chi connectivity index (χ3n) is 4.67. The molecule has 2 aromatic rings. The van der Waals surface area contributed by atoms with E-state index in [2.05, 4.69) is 31.3 Å². The molecule has 2 unspecified atom stereocenters. The second-order valence-corrected chi connectivity index (χ2v) is 6.41. The largest absolute Gasteiger partial charge is 0.322 e. The molecule has 0 saturated carbocycles. The van der Waals surface area contributed by atoms with Crippen LogP contribution < -0.4 is 5.32 Å². The van der Waals surface area contributed by atoms with E-state index in [1.807, 2.05) is 47.4 Å². The molecule has 0 radical (unpaired) electrons. The van der Waals surface area contributed by atoms with E-state index in [-0.39, 0.29) is 6.03 Å². The molecule has 2 aromatic carbocycles. The normalized spacial score (nSPS) is 21.0. The molecule has 3 rings (SSSR count). The highest BCUT2D eigenvalue weighted by Gasteiger charge is 2.28. The Morgan fingerprint density at radius 3 is 2.09 bits per heavy atom. The molecule has 1 heterocycles. The Kier molecular flexibility index (Phi) is 4.65. The van der Waals surface area contributed by atoms with Crippen LogP contribution in [0.15, 0.2) is 54.6 Å². The first-order valence-electron chi connectivity index (χ1n) is 8.40. The van der Waals surface area contributed by atoms with Gasteiger partial charge in [-0.2, -0.15) is 0 Å². The monoisotopic (exact) mass is 308 g/mol. The Balaban J connectivity index is 1.69. The third kappa shape index (κ3) is 3.55. The number of hydrogen-bond acceptors (Lipinski definition) is 1. The molecule has 0 bridgehead atoms. The number of likely N-dealkylation sites (tertiary alicyclic amines) is 1. The van der Waals surface area contributed by atoms with E-state index in [9.17, 15) is 4.79 Å².